The summed E-state index contributed by atoms with van der Waals surface area (Å²) in [5.74, 6) is -2.52. The Kier molecular flexibility index (Phi) is 10.8. The van der Waals surface area contributed by atoms with E-state index in [-0.39, 0.29) is 0 Å². The van der Waals surface area contributed by atoms with E-state index >= 15 is 0 Å². The van der Waals surface area contributed by atoms with Crippen molar-refractivity contribution in [3.8, 4) is 0 Å². The van der Waals surface area contributed by atoms with E-state index in [9.17, 15) is 0 Å². The van der Waals surface area contributed by atoms with E-state index in [2.05, 4.69) is 0 Å². The summed E-state index contributed by atoms with van der Waals surface area (Å²) < 4.78 is 24.2. The van der Waals surface area contributed by atoms with Gasteiger partial charge in [0.25, 0.3) is 11.6 Å². The molecule has 0 saturated heterocycles. The van der Waals surface area contributed by atoms with E-state index in [1.54, 1.807) is 6.92 Å². The second kappa shape index (κ2) is 10.8. The second-order valence-electron chi connectivity index (χ2n) is 6.07. The van der Waals surface area contributed by atoms with Gasteiger partial charge in [-0.05, 0) is 40.0 Å². The molecule has 23 heavy (non-hydrogen) atoms. The van der Waals surface area contributed by atoms with Crippen molar-refractivity contribution in [2.45, 2.75) is 78.0 Å². The Balaban J connectivity index is 5.95. The first-order chi connectivity index (χ1) is 10.8. The van der Waals surface area contributed by atoms with Crippen LogP contribution >= 0.6 is 0 Å². The Morgan fingerprint density at radius 1 is 0.783 bits per heavy atom. The molecule has 0 saturated carbocycles. The summed E-state index contributed by atoms with van der Waals surface area (Å²) >= 11 is 0. The molecular weight excluding hydrogens is 316 g/mol. The Hall–Kier alpha value is -0.0231. The van der Waals surface area contributed by atoms with Gasteiger partial charge in [-0.15, -0.1) is 0 Å². The molecule has 0 aromatic rings. The molecule has 140 valence electrons. The highest BCUT2D eigenvalue weighted by molar-refractivity contribution is 5.98. The fourth-order valence-electron chi connectivity index (χ4n) is 2.45. The molecule has 0 fully saturated rings. The molecule has 1 unspecified atom stereocenters. The van der Waals surface area contributed by atoms with Gasteiger partial charge in [0.2, 0.25) is 0 Å². The van der Waals surface area contributed by atoms with E-state index in [4.69, 9.17) is 28.4 Å². The van der Waals surface area contributed by atoms with Crippen LogP contribution in [0.3, 0.4) is 0 Å². The van der Waals surface area contributed by atoms with Crippen LogP contribution in [0.1, 0.15) is 60.8 Å². The minimum Gasteiger partial charge on any atom is -0.417 e. The Labute approximate surface area is 144 Å². The monoisotopic (exact) mass is 352 g/mol. The van der Waals surface area contributed by atoms with Crippen LogP contribution in [-0.2, 0) is 28.4 Å². The standard InChI is InChI=1S/C16H36O6Si/c1-8-11-18-15(6,21-17-7)16(19-12-9-2,20-13-10-3)14(4,5)22-23/h8-13H2,1-7,23H3. The van der Waals surface area contributed by atoms with Gasteiger partial charge in [-0.2, -0.15) is 4.89 Å². The first kappa shape index (κ1) is 23.0. The molecule has 0 bridgehead atoms. The molecule has 0 rings (SSSR count). The van der Waals surface area contributed by atoms with Crippen LogP contribution in [0, 0.1) is 0 Å². The smallest absolute Gasteiger partial charge is 0.256 e. The van der Waals surface area contributed by atoms with Crippen molar-refractivity contribution < 1.29 is 28.4 Å². The lowest BCUT2D eigenvalue weighted by atomic mass is 9.89. The number of hydrogen-bond donors (Lipinski definition) is 0. The quantitative estimate of drug-likeness (QED) is 0.207. The summed E-state index contributed by atoms with van der Waals surface area (Å²) in [6.07, 6.45) is 2.51. The third-order valence-corrected chi connectivity index (χ3v) is 4.76. The largest absolute Gasteiger partial charge is 0.417 e. The zero-order valence-corrected chi connectivity index (χ0v) is 18.2. The first-order valence-electron chi connectivity index (χ1n) is 8.49. The van der Waals surface area contributed by atoms with E-state index in [0.29, 0.717) is 30.3 Å². The van der Waals surface area contributed by atoms with Gasteiger partial charge in [0.1, 0.15) is 16.1 Å². The van der Waals surface area contributed by atoms with Gasteiger partial charge in [0, 0.05) is 0 Å². The molecule has 0 N–H and O–H groups in total. The third kappa shape index (κ3) is 5.49. The predicted molar refractivity (Wildman–Crippen MR) is 93.1 cm³/mol. The van der Waals surface area contributed by atoms with Gasteiger partial charge in [0.05, 0.1) is 26.9 Å². The van der Waals surface area contributed by atoms with E-state index in [1.807, 2.05) is 34.6 Å². The molecule has 0 amide bonds. The molecule has 0 spiro atoms. The van der Waals surface area contributed by atoms with Crippen molar-refractivity contribution in [1.29, 1.82) is 0 Å². The van der Waals surface area contributed by atoms with Crippen molar-refractivity contribution in [2.75, 3.05) is 26.9 Å². The molecule has 0 radical (unpaired) electrons. The van der Waals surface area contributed by atoms with Crippen molar-refractivity contribution in [2.24, 2.45) is 0 Å². The van der Waals surface area contributed by atoms with Crippen LogP contribution in [0.4, 0.5) is 0 Å². The van der Waals surface area contributed by atoms with Gasteiger partial charge in [-0.3, -0.25) is 0 Å². The minimum atomic E-state index is -1.27. The number of ether oxygens (including phenoxy) is 3. The summed E-state index contributed by atoms with van der Waals surface area (Å²) in [6, 6.07) is 0. The lowest BCUT2D eigenvalue weighted by Crippen LogP contribution is -2.70. The van der Waals surface area contributed by atoms with E-state index in [0.717, 1.165) is 19.3 Å². The predicted octanol–water partition coefficient (Wildman–Crippen LogP) is 2.33. The van der Waals surface area contributed by atoms with Crippen LogP contribution in [0.15, 0.2) is 0 Å². The summed E-state index contributed by atoms with van der Waals surface area (Å²) in [6.45, 7) is 13.2. The maximum atomic E-state index is 6.20. The molecule has 0 aliphatic heterocycles. The van der Waals surface area contributed by atoms with Crippen molar-refractivity contribution >= 4 is 10.5 Å². The van der Waals surface area contributed by atoms with Gasteiger partial charge in [0.15, 0.2) is 0 Å². The van der Waals surface area contributed by atoms with E-state index < -0.39 is 17.2 Å². The van der Waals surface area contributed by atoms with Crippen LogP contribution in [0.25, 0.3) is 0 Å². The van der Waals surface area contributed by atoms with Crippen molar-refractivity contribution in [3.63, 3.8) is 0 Å². The van der Waals surface area contributed by atoms with Crippen molar-refractivity contribution in [3.05, 3.63) is 0 Å². The summed E-state index contributed by atoms with van der Waals surface area (Å²) in [7, 11) is 1.98. The number of hydrogen-bond acceptors (Lipinski definition) is 6. The lowest BCUT2D eigenvalue weighted by molar-refractivity contribution is -0.511. The van der Waals surface area contributed by atoms with Crippen LogP contribution < -0.4 is 0 Å². The molecule has 0 aliphatic rings. The van der Waals surface area contributed by atoms with Gasteiger partial charge in [-0.25, -0.2) is 4.89 Å². The Morgan fingerprint density at radius 2 is 1.22 bits per heavy atom. The van der Waals surface area contributed by atoms with Crippen LogP contribution in [0.5, 0.6) is 0 Å². The highest BCUT2D eigenvalue weighted by Crippen LogP contribution is 2.43. The molecule has 0 aliphatic carbocycles. The van der Waals surface area contributed by atoms with Crippen molar-refractivity contribution in [1.82, 2.24) is 0 Å². The molecule has 1 atom stereocenters. The highest BCUT2D eigenvalue weighted by Gasteiger charge is 2.63. The summed E-state index contributed by atoms with van der Waals surface area (Å²) in [4.78, 5) is 10.5. The van der Waals surface area contributed by atoms with Crippen LogP contribution in [0.2, 0.25) is 0 Å². The molecule has 6 nitrogen and oxygen atoms in total. The van der Waals surface area contributed by atoms with Gasteiger partial charge in [-0.1, -0.05) is 20.8 Å². The Morgan fingerprint density at radius 3 is 1.57 bits per heavy atom. The lowest BCUT2D eigenvalue weighted by Gasteiger charge is -2.52. The van der Waals surface area contributed by atoms with E-state index in [1.165, 1.54) is 7.11 Å². The molecular formula is C16H36O6Si. The molecule has 7 heteroatoms. The second-order valence-corrected chi connectivity index (χ2v) is 6.48. The fourth-order valence-corrected chi connectivity index (χ4v) is 2.72. The molecule has 0 aromatic carbocycles. The van der Waals surface area contributed by atoms with Crippen LogP contribution in [-0.4, -0.2) is 54.6 Å². The van der Waals surface area contributed by atoms with Gasteiger partial charge < -0.3 is 18.6 Å². The summed E-state index contributed by atoms with van der Waals surface area (Å²) in [5.41, 5.74) is -0.773. The highest BCUT2D eigenvalue weighted by atomic mass is 28.2. The SMILES string of the molecule is CCCOC(C)(OOC)C(OCCC)(OCCC)C(C)(C)O[SiH3]. The number of rotatable bonds is 14. The maximum absolute atomic E-state index is 6.20. The summed E-state index contributed by atoms with van der Waals surface area (Å²) in [5, 5.41) is 0. The fraction of sp³-hybridized carbons (Fsp3) is 1.00. The molecule has 0 heterocycles. The zero-order chi connectivity index (χ0) is 18.0. The minimum absolute atomic E-state index is 0.490. The normalized spacial score (nSPS) is 15.8. The molecule has 0 aromatic heterocycles. The topological polar surface area (TPSA) is 55.4 Å². The average Bonchev–Trinajstić information content (AvgIpc) is 2.53. The third-order valence-electron chi connectivity index (χ3n) is 3.74. The average molecular weight is 353 g/mol. The maximum Gasteiger partial charge on any atom is 0.256 e. The zero-order valence-electron chi connectivity index (χ0n) is 16.2. The Bertz CT molecular complexity index is 305. The first-order valence-corrected chi connectivity index (χ1v) is 9.31. The van der Waals surface area contributed by atoms with Gasteiger partial charge >= 0.3 is 0 Å².